The van der Waals surface area contributed by atoms with Gasteiger partial charge in [0.15, 0.2) is 52.4 Å². The molecule has 1 aliphatic carbocycles. The maximum atomic E-state index is 6.31. The molecule has 0 unspecified atom stereocenters. The van der Waals surface area contributed by atoms with Crippen LogP contribution in [0.2, 0.25) is 0 Å². The Morgan fingerprint density at radius 2 is 0.448 bits per heavy atom. The number of hydrogen-bond donors (Lipinski definition) is 0. The minimum atomic E-state index is -0.0875. The zero-order valence-corrected chi connectivity index (χ0v) is 72.8. The van der Waals surface area contributed by atoms with Crippen LogP contribution < -0.4 is 0 Å². The molecule has 0 saturated carbocycles. The Labute approximate surface area is 769 Å². The first-order valence-corrected chi connectivity index (χ1v) is 45.0. The van der Waals surface area contributed by atoms with Crippen LogP contribution in [0.15, 0.2) is 446 Å². The number of benzene rings is 18. The van der Waals surface area contributed by atoms with E-state index in [2.05, 4.69) is 258 Å². The summed E-state index contributed by atoms with van der Waals surface area (Å²) in [6.07, 6.45) is 0. The van der Waals surface area contributed by atoms with Crippen molar-refractivity contribution >= 4 is 109 Å². The third-order valence-corrected chi connectivity index (χ3v) is 25.9. The van der Waals surface area contributed by atoms with Gasteiger partial charge in [-0.2, -0.15) is 0 Å². The first-order valence-electron chi connectivity index (χ1n) is 45.0. The monoisotopic (exact) mass is 1720 g/mol. The van der Waals surface area contributed by atoms with E-state index in [9.17, 15) is 0 Å². The summed E-state index contributed by atoms with van der Waals surface area (Å²) in [7, 11) is 0. The molecule has 0 spiro atoms. The number of rotatable bonds is 12. The fraction of sp³-hybridized carbons (Fsp3) is 0.0250. The third-order valence-electron chi connectivity index (χ3n) is 25.9. The average molecular weight is 1720 g/mol. The summed E-state index contributed by atoms with van der Waals surface area (Å²) >= 11 is 0. The highest BCUT2D eigenvalue weighted by molar-refractivity contribution is 6.19. The Morgan fingerprint density at radius 3 is 0.828 bits per heavy atom. The maximum absolute atomic E-state index is 6.31. The molecule has 8 heterocycles. The smallest absolute Gasteiger partial charge is 0.164 e. The molecule has 0 radical (unpaired) electrons. The summed E-state index contributed by atoms with van der Waals surface area (Å²) in [5.41, 5.74) is 27.3. The lowest BCUT2D eigenvalue weighted by molar-refractivity contribution is 0.661. The zero-order valence-electron chi connectivity index (χ0n) is 72.8. The van der Waals surface area contributed by atoms with Crippen LogP contribution in [-0.4, -0.2) is 58.6 Å². The van der Waals surface area contributed by atoms with E-state index in [4.69, 9.17) is 53.7 Å². The van der Waals surface area contributed by atoms with Crippen molar-refractivity contribution in [3.63, 3.8) is 0 Å². The van der Waals surface area contributed by atoms with Crippen LogP contribution in [-0.2, 0) is 5.41 Å². The molecule has 26 aromatic rings. The number of aromatic nitrogens is 12. The summed E-state index contributed by atoms with van der Waals surface area (Å²) in [4.78, 5) is 44.5. The first kappa shape index (κ1) is 78.3. The van der Waals surface area contributed by atoms with Gasteiger partial charge in [-0.1, -0.05) is 347 Å². The van der Waals surface area contributed by atoms with Gasteiger partial charge in [-0.25, -0.2) is 44.9 Å². The van der Waals surface area contributed by atoms with Gasteiger partial charge in [-0.05, 0) is 119 Å². The Morgan fingerprint density at radius 1 is 0.172 bits per heavy atom. The quantitative estimate of drug-likeness (QED) is 0.115. The van der Waals surface area contributed by atoms with Crippen molar-refractivity contribution in [1.29, 1.82) is 0 Å². The average Bonchev–Trinajstić information content (AvgIpc) is 1.54. The van der Waals surface area contributed by atoms with Crippen molar-refractivity contribution in [2.24, 2.45) is 0 Å². The second-order valence-electron chi connectivity index (χ2n) is 34.3. The van der Waals surface area contributed by atoms with Crippen molar-refractivity contribution in [1.82, 2.24) is 58.6 Å². The molecule has 14 heteroatoms. The zero-order chi connectivity index (χ0) is 88.9. The molecule has 134 heavy (non-hydrogen) atoms. The highest BCUT2D eigenvalue weighted by atomic mass is 16.3. The fourth-order valence-electron chi connectivity index (χ4n) is 19.5. The van der Waals surface area contributed by atoms with Crippen LogP contribution in [0.1, 0.15) is 25.0 Å². The van der Waals surface area contributed by atoms with Crippen LogP contribution in [0.4, 0.5) is 0 Å². The Kier molecular flexibility index (Phi) is 18.9. The largest absolute Gasteiger partial charge is 0.456 e. The molecule has 0 N–H and O–H groups in total. The van der Waals surface area contributed by atoms with Gasteiger partial charge < -0.3 is 22.5 Å². The van der Waals surface area contributed by atoms with Gasteiger partial charge in [0.25, 0.3) is 0 Å². The van der Waals surface area contributed by atoms with Crippen molar-refractivity contribution in [3.8, 4) is 131 Å². The van der Waals surface area contributed by atoms with E-state index >= 15 is 0 Å². The van der Waals surface area contributed by atoms with Gasteiger partial charge in [-0.15, -0.1) is 0 Å². The van der Waals surface area contributed by atoms with E-state index in [0.717, 1.165) is 138 Å². The number of fused-ring (bicyclic) bond motifs is 18. The van der Waals surface area contributed by atoms with E-state index in [1.54, 1.807) is 0 Å². The molecule has 14 nitrogen and oxygen atoms in total. The molecule has 0 atom stereocenters. The van der Waals surface area contributed by atoms with Gasteiger partial charge in [0.2, 0.25) is 0 Å². The second-order valence-corrected chi connectivity index (χ2v) is 34.3. The summed E-state index contributed by atoms with van der Waals surface area (Å²) in [5, 5.41) is 11.7. The molecule has 8 aromatic heterocycles. The standard InChI is InChI=1S/C42H30N4.2C39H24N4O/c1-42(2)35-22-11-9-20-31(35)33-25-34-32-21-10-12-23-37(32)46(38(34)26-36(33)42)30-19-13-18-29(24-30)41-44-39(27-14-5-3-6-15-27)43-40(45-41)28-16-7-4-8-17-28;1-3-12-25(13-4-1)37-40-38(26-14-5-2-6-15-26)42-39(41-37)27-16-11-17-28(22-27)43-33-20-9-7-18-29(33)31-24-36-32(23-34(31)43)30-19-8-10-21-35(30)44-36;1-3-12-25(13-4-1)37-40-38(26-14-5-2-6-15-26)42-39(41-37)27-16-11-17-28(22-27)43-33-20-9-7-18-29(33)31-23-32-30-19-8-10-21-35(30)44-36(32)24-34(31)43/h3-26H,1-2H3;2*1-24H. The van der Waals surface area contributed by atoms with Crippen molar-refractivity contribution in [3.05, 3.63) is 448 Å². The molecule has 1 aliphatic rings. The van der Waals surface area contributed by atoms with Gasteiger partial charge in [0, 0.05) is 132 Å². The highest BCUT2D eigenvalue weighted by Crippen LogP contribution is 2.52. The Balaban J connectivity index is 0.000000108. The second kappa shape index (κ2) is 32.3. The maximum Gasteiger partial charge on any atom is 0.164 e. The molecule has 0 saturated heterocycles. The minimum absolute atomic E-state index is 0.0875. The van der Waals surface area contributed by atoms with Crippen LogP contribution in [0.25, 0.3) is 240 Å². The van der Waals surface area contributed by atoms with Crippen molar-refractivity contribution in [2.45, 2.75) is 19.3 Å². The summed E-state index contributed by atoms with van der Waals surface area (Å²) < 4.78 is 19.6. The van der Waals surface area contributed by atoms with E-state index in [1.807, 2.05) is 206 Å². The van der Waals surface area contributed by atoms with Crippen LogP contribution in [0.3, 0.4) is 0 Å². The number of furan rings is 2. The number of nitrogens with zero attached hydrogens (tertiary/aromatic N) is 12. The molecule has 18 aromatic carbocycles. The normalized spacial score (nSPS) is 12.2. The van der Waals surface area contributed by atoms with E-state index in [0.29, 0.717) is 52.4 Å². The number of hydrogen-bond acceptors (Lipinski definition) is 11. The lowest BCUT2D eigenvalue weighted by Gasteiger charge is -2.21. The van der Waals surface area contributed by atoms with Gasteiger partial charge in [0.05, 0.1) is 33.1 Å². The summed E-state index contributed by atoms with van der Waals surface area (Å²) in [6, 6.07) is 151. The SMILES string of the molecule is CC1(C)c2ccccc2-c2cc3c4ccccc4n(-c4cccc(-c5nc(-c6ccccc6)nc(-c6ccccc6)n5)c4)c3cc21.c1ccc(-c2nc(-c3ccccc3)nc(-c3cccc(-n4c5ccccc5c5cc6c(cc54)oc4ccccc46)c3)n2)cc1.c1ccc(-c2nc(-c3ccccc3)nc(-c3cccc(-n4c5ccccc5c5cc6oc7ccccc7c6cc54)c3)n2)cc1. The lowest BCUT2D eigenvalue weighted by Crippen LogP contribution is -2.14. The van der Waals surface area contributed by atoms with Crippen molar-refractivity contribution in [2.75, 3.05) is 0 Å². The van der Waals surface area contributed by atoms with Gasteiger partial charge in [0.1, 0.15) is 22.3 Å². The minimum Gasteiger partial charge on any atom is -0.456 e. The predicted octanol–water partition coefficient (Wildman–Crippen LogP) is 30.0. The topological polar surface area (TPSA) is 157 Å². The van der Waals surface area contributed by atoms with Crippen LogP contribution >= 0.6 is 0 Å². The third kappa shape index (κ3) is 13.7. The Bertz CT molecular complexity index is 8920. The summed E-state index contributed by atoms with van der Waals surface area (Å²) in [5.74, 6) is 5.79. The molecule has 630 valence electrons. The summed E-state index contributed by atoms with van der Waals surface area (Å²) in [6.45, 7) is 4.68. The van der Waals surface area contributed by atoms with Gasteiger partial charge in [-0.3, -0.25) is 0 Å². The first-order chi connectivity index (χ1) is 66.2. The fourth-order valence-corrected chi connectivity index (χ4v) is 19.5. The molecule has 0 amide bonds. The molecule has 0 aliphatic heterocycles. The Hall–Kier alpha value is -18.0. The predicted molar refractivity (Wildman–Crippen MR) is 544 cm³/mol. The van der Waals surface area contributed by atoms with E-state index in [-0.39, 0.29) is 5.41 Å². The van der Waals surface area contributed by atoms with Crippen LogP contribution in [0, 0.1) is 0 Å². The molecule has 0 bridgehead atoms. The number of para-hydroxylation sites is 5. The lowest BCUT2D eigenvalue weighted by atomic mass is 9.82. The van der Waals surface area contributed by atoms with Gasteiger partial charge >= 0.3 is 0 Å². The molecule has 0 fully saturated rings. The van der Waals surface area contributed by atoms with Crippen molar-refractivity contribution < 1.29 is 8.83 Å². The molecule has 27 rings (SSSR count). The van der Waals surface area contributed by atoms with Crippen LogP contribution in [0.5, 0.6) is 0 Å². The molecular weight excluding hydrogens is 1640 g/mol. The highest BCUT2D eigenvalue weighted by Gasteiger charge is 2.37. The van der Waals surface area contributed by atoms with E-state index < -0.39 is 0 Å². The van der Waals surface area contributed by atoms with E-state index in [1.165, 1.54) is 60.2 Å². The molecular formula is C120H78N12O2.